The molecule has 1 aromatic heterocycles. The molecule has 0 saturated heterocycles. The fraction of sp³-hybridized carbons (Fsp3) is 0.161. The van der Waals surface area contributed by atoms with Crippen molar-refractivity contribution in [1.29, 1.82) is 0 Å². The van der Waals surface area contributed by atoms with Crippen molar-refractivity contribution in [2.24, 2.45) is 0 Å². The standard InChI is InChI=1S/C31H27N3O6S2/c1-39-24-13-8-21(9-14-24)19-31(23-12-17-27-28(18-23)33-41-32-27,20-29(35)22-10-15-25(40-2)16-11-22)30(36)34-42(37,38)26-6-4-3-5-7-26/h3-18H,19-20H2,1-2H3,(H,34,36). The van der Waals surface area contributed by atoms with Gasteiger partial charge in [-0.3, -0.25) is 9.59 Å². The Morgan fingerprint density at radius 3 is 2.07 bits per heavy atom. The maximum atomic E-state index is 14.4. The number of hydrogen-bond acceptors (Lipinski definition) is 9. The zero-order chi connectivity index (χ0) is 29.7. The van der Waals surface area contributed by atoms with Gasteiger partial charge >= 0.3 is 0 Å². The molecule has 0 aliphatic heterocycles. The Balaban J connectivity index is 1.66. The number of nitrogens with zero attached hydrogens (tertiary/aromatic N) is 2. The average molecular weight is 602 g/mol. The molecule has 0 radical (unpaired) electrons. The molecule has 9 nitrogen and oxygen atoms in total. The van der Waals surface area contributed by atoms with E-state index in [0.29, 0.717) is 39.2 Å². The molecule has 1 unspecified atom stereocenters. The number of aromatic nitrogens is 2. The number of benzene rings is 4. The lowest BCUT2D eigenvalue weighted by atomic mass is 9.70. The van der Waals surface area contributed by atoms with Crippen LogP contribution in [0.4, 0.5) is 0 Å². The third kappa shape index (κ3) is 6.02. The van der Waals surface area contributed by atoms with Crippen LogP contribution in [0.15, 0.2) is 102 Å². The van der Waals surface area contributed by atoms with E-state index in [9.17, 15) is 18.0 Å². The molecule has 0 saturated carbocycles. The first-order chi connectivity index (χ1) is 20.2. The molecule has 11 heteroatoms. The number of methoxy groups -OCH3 is 2. The molecule has 0 aliphatic carbocycles. The first-order valence-corrected chi connectivity index (χ1v) is 15.1. The number of Topliss-reactive ketones (excluding diaryl/α,β-unsaturated/α-hetero) is 1. The maximum absolute atomic E-state index is 14.4. The molecule has 1 N–H and O–H groups in total. The van der Waals surface area contributed by atoms with Gasteiger partial charge in [-0.25, -0.2) is 13.1 Å². The number of sulfonamides is 1. The molecular formula is C31H27N3O6S2. The number of rotatable bonds is 11. The SMILES string of the molecule is COc1ccc(CC(CC(=O)c2ccc(OC)cc2)(C(=O)NS(=O)(=O)c2ccccc2)c2ccc3nsnc3c2)cc1. The van der Waals surface area contributed by atoms with Crippen LogP contribution < -0.4 is 14.2 Å². The molecule has 214 valence electrons. The topological polar surface area (TPSA) is 125 Å². The molecule has 42 heavy (non-hydrogen) atoms. The Labute approximate surface area is 247 Å². The van der Waals surface area contributed by atoms with E-state index >= 15 is 0 Å². The van der Waals surface area contributed by atoms with Gasteiger partial charge in [0.25, 0.3) is 10.0 Å². The largest absolute Gasteiger partial charge is 0.497 e. The van der Waals surface area contributed by atoms with Gasteiger partial charge in [0.1, 0.15) is 22.5 Å². The van der Waals surface area contributed by atoms with Crippen LogP contribution in [0.2, 0.25) is 0 Å². The highest BCUT2D eigenvalue weighted by Crippen LogP contribution is 2.37. The minimum Gasteiger partial charge on any atom is -0.497 e. The second-order valence-electron chi connectivity index (χ2n) is 9.65. The Bertz CT molecular complexity index is 1820. The molecule has 1 heterocycles. The summed E-state index contributed by atoms with van der Waals surface area (Å²) in [6, 6.07) is 26.3. The van der Waals surface area contributed by atoms with Crippen LogP contribution in [0, 0.1) is 0 Å². The molecule has 4 aromatic carbocycles. The van der Waals surface area contributed by atoms with Gasteiger partial charge in [-0.15, -0.1) is 0 Å². The van der Waals surface area contributed by atoms with Gasteiger partial charge < -0.3 is 9.47 Å². The van der Waals surface area contributed by atoms with Crippen molar-refractivity contribution in [1.82, 2.24) is 13.5 Å². The minimum absolute atomic E-state index is 0.0120. The van der Waals surface area contributed by atoms with Gasteiger partial charge in [-0.1, -0.05) is 36.4 Å². The lowest BCUT2D eigenvalue weighted by Crippen LogP contribution is -2.49. The number of carbonyl (C=O) groups is 2. The van der Waals surface area contributed by atoms with E-state index < -0.39 is 21.3 Å². The zero-order valence-electron chi connectivity index (χ0n) is 22.8. The van der Waals surface area contributed by atoms with Crippen LogP contribution >= 0.6 is 11.7 Å². The first-order valence-electron chi connectivity index (χ1n) is 12.9. The Kier molecular flexibility index (Phi) is 8.32. The quantitative estimate of drug-likeness (QED) is 0.211. The van der Waals surface area contributed by atoms with Gasteiger partial charge in [-0.05, 0) is 78.2 Å². The van der Waals surface area contributed by atoms with E-state index in [2.05, 4.69) is 13.5 Å². The predicted molar refractivity (Wildman–Crippen MR) is 160 cm³/mol. The number of amides is 1. The highest BCUT2D eigenvalue weighted by molar-refractivity contribution is 7.90. The van der Waals surface area contributed by atoms with Gasteiger partial charge in [0.15, 0.2) is 5.78 Å². The molecule has 0 bridgehead atoms. The van der Waals surface area contributed by atoms with E-state index in [0.717, 1.165) is 11.7 Å². The Morgan fingerprint density at radius 1 is 0.810 bits per heavy atom. The molecule has 5 aromatic rings. The molecule has 1 amide bonds. The summed E-state index contributed by atoms with van der Waals surface area (Å²) < 4.78 is 48.1. The average Bonchev–Trinajstić information content (AvgIpc) is 3.49. The Hall–Kier alpha value is -4.61. The van der Waals surface area contributed by atoms with E-state index in [4.69, 9.17) is 9.47 Å². The van der Waals surface area contributed by atoms with Gasteiger partial charge in [0.2, 0.25) is 5.91 Å². The summed E-state index contributed by atoms with van der Waals surface area (Å²) in [4.78, 5) is 28.2. The summed E-state index contributed by atoms with van der Waals surface area (Å²) in [6.07, 6.45) is -0.317. The second-order valence-corrected chi connectivity index (χ2v) is 11.9. The zero-order valence-corrected chi connectivity index (χ0v) is 24.4. The number of nitrogens with one attached hydrogen (secondary N) is 1. The highest BCUT2D eigenvalue weighted by atomic mass is 32.2. The van der Waals surface area contributed by atoms with Crippen LogP contribution in [0.3, 0.4) is 0 Å². The van der Waals surface area contributed by atoms with Crippen LogP contribution in [0.25, 0.3) is 11.0 Å². The van der Waals surface area contributed by atoms with Crippen molar-refractivity contribution in [3.05, 3.63) is 114 Å². The van der Waals surface area contributed by atoms with Gasteiger partial charge in [0.05, 0.1) is 36.3 Å². The van der Waals surface area contributed by atoms with Crippen LogP contribution in [0.1, 0.15) is 27.9 Å². The van der Waals surface area contributed by atoms with Crippen LogP contribution in [-0.4, -0.2) is 43.1 Å². The van der Waals surface area contributed by atoms with Crippen molar-refractivity contribution >= 4 is 44.5 Å². The summed E-state index contributed by atoms with van der Waals surface area (Å²) in [5.41, 5.74) is 0.993. The van der Waals surface area contributed by atoms with Crippen molar-refractivity contribution in [3.8, 4) is 11.5 Å². The van der Waals surface area contributed by atoms with Crippen molar-refractivity contribution < 1.29 is 27.5 Å². The Morgan fingerprint density at radius 2 is 1.43 bits per heavy atom. The minimum atomic E-state index is -4.27. The van der Waals surface area contributed by atoms with Crippen LogP contribution in [0.5, 0.6) is 11.5 Å². The summed E-state index contributed by atoms with van der Waals surface area (Å²) in [7, 11) is -1.20. The smallest absolute Gasteiger partial charge is 0.264 e. The number of hydrogen-bond donors (Lipinski definition) is 1. The molecule has 0 spiro atoms. The van der Waals surface area contributed by atoms with Crippen molar-refractivity contribution in [2.45, 2.75) is 23.2 Å². The van der Waals surface area contributed by atoms with E-state index in [1.807, 2.05) is 0 Å². The fourth-order valence-corrected chi connectivity index (χ4v) is 6.35. The number of ketones is 1. The highest BCUT2D eigenvalue weighted by Gasteiger charge is 2.44. The first kappa shape index (κ1) is 28.9. The molecule has 0 fully saturated rings. The van der Waals surface area contributed by atoms with Crippen molar-refractivity contribution in [3.63, 3.8) is 0 Å². The summed E-state index contributed by atoms with van der Waals surface area (Å²) in [6.45, 7) is 0. The predicted octanol–water partition coefficient (Wildman–Crippen LogP) is 4.97. The maximum Gasteiger partial charge on any atom is 0.264 e. The van der Waals surface area contributed by atoms with E-state index in [1.165, 1.54) is 19.2 Å². The summed E-state index contributed by atoms with van der Waals surface area (Å²) in [5.74, 6) is -0.00421. The third-order valence-corrected chi connectivity index (χ3v) is 8.96. The second kappa shape index (κ2) is 12.1. The fourth-order valence-electron chi connectivity index (χ4n) is 4.76. The number of fused-ring (bicyclic) bond motifs is 1. The normalized spacial score (nSPS) is 12.8. The molecule has 1 atom stereocenters. The molecule has 5 rings (SSSR count). The lowest BCUT2D eigenvalue weighted by molar-refractivity contribution is -0.125. The summed E-state index contributed by atoms with van der Waals surface area (Å²) in [5, 5.41) is 0. The molecular weight excluding hydrogens is 574 g/mol. The van der Waals surface area contributed by atoms with Crippen LogP contribution in [-0.2, 0) is 26.7 Å². The van der Waals surface area contributed by atoms with Gasteiger partial charge in [-0.2, -0.15) is 8.75 Å². The van der Waals surface area contributed by atoms with E-state index in [-0.39, 0.29) is 23.5 Å². The lowest BCUT2D eigenvalue weighted by Gasteiger charge is -2.33. The third-order valence-electron chi connectivity index (χ3n) is 7.06. The summed E-state index contributed by atoms with van der Waals surface area (Å²) >= 11 is 1.02. The van der Waals surface area contributed by atoms with Gasteiger partial charge in [0, 0.05) is 12.0 Å². The van der Waals surface area contributed by atoms with Crippen molar-refractivity contribution in [2.75, 3.05) is 14.2 Å². The van der Waals surface area contributed by atoms with E-state index in [1.54, 1.807) is 92.0 Å². The number of carbonyl (C=O) groups excluding carboxylic acids is 2. The molecule has 0 aliphatic rings. The monoisotopic (exact) mass is 601 g/mol. The number of ether oxygens (including phenoxy) is 2.